The van der Waals surface area contributed by atoms with Gasteiger partial charge in [-0.1, -0.05) is 6.07 Å². The zero-order chi connectivity index (χ0) is 14.8. The highest BCUT2D eigenvalue weighted by Crippen LogP contribution is 2.17. The molecular weight excluding hydrogens is 287 g/mol. The summed E-state index contributed by atoms with van der Waals surface area (Å²) in [6, 6.07) is 3.17. The topological polar surface area (TPSA) is 97.1 Å². The minimum atomic E-state index is -3.95. The van der Waals surface area contributed by atoms with Crippen molar-refractivity contribution < 1.29 is 17.9 Å². The molecule has 0 radical (unpaired) electrons. The molecule has 0 aliphatic heterocycles. The van der Waals surface area contributed by atoms with Crippen molar-refractivity contribution in [2.45, 2.75) is 18.0 Å². The minimum absolute atomic E-state index is 0.118. The summed E-state index contributed by atoms with van der Waals surface area (Å²) in [4.78, 5) is 3.58. The molecule has 2 rings (SSSR count). The van der Waals surface area contributed by atoms with Crippen molar-refractivity contribution in [3.63, 3.8) is 0 Å². The quantitative estimate of drug-likeness (QED) is 0.805. The molecule has 0 spiro atoms. The Balaban J connectivity index is 2.24. The number of aliphatic hydroxyl groups is 1. The van der Waals surface area contributed by atoms with Crippen LogP contribution in [-0.2, 0) is 30.2 Å². The van der Waals surface area contributed by atoms with E-state index in [1.54, 1.807) is 7.05 Å². The predicted octanol–water partition coefficient (Wildman–Crippen LogP) is -0.0750. The van der Waals surface area contributed by atoms with E-state index < -0.39 is 22.4 Å². The van der Waals surface area contributed by atoms with Gasteiger partial charge in [0, 0.05) is 7.05 Å². The monoisotopic (exact) mass is 300 g/mol. The van der Waals surface area contributed by atoms with Crippen molar-refractivity contribution in [1.82, 2.24) is 19.5 Å². The van der Waals surface area contributed by atoms with Crippen molar-refractivity contribution in [3.8, 4) is 0 Å². The van der Waals surface area contributed by atoms with Crippen molar-refractivity contribution in [2.24, 2.45) is 7.05 Å². The number of benzene rings is 1. The molecule has 20 heavy (non-hydrogen) atoms. The van der Waals surface area contributed by atoms with Crippen LogP contribution in [0.4, 0.5) is 4.39 Å². The lowest BCUT2D eigenvalue weighted by Crippen LogP contribution is -2.25. The normalized spacial score (nSPS) is 11.8. The molecule has 1 heterocycles. The number of aliphatic hydroxyl groups excluding tert-OH is 1. The first-order valence-electron chi connectivity index (χ1n) is 5.66. The number of rotatable bonds is 5. The summed E-state index contributed by atoms with van der Waals surface area (Å²) in [6.07, 6.45) is 1.44. The first-order chi connectivity index (χ1) is 9.42. The number of aryl methyl sites for hydroxylation is 1. The molecule has 0 atom stereocenters. The standard InChI is InChI=1S/C11H13FN4O3S/c1-16-7-13-11(15-16)5-14-20(18,19)10-4-9(12)3-2-8(10)6-17/h2-4,7,14,17H,5-6H2,1H3. The SMILES string of the molecule is Cn1cnc(CNS(=O)(=O)c2cc(F)ccc2CO)n1. The molecule has 108 valence electrons. The summed E-state index contributed by atoms with van der Waals surface area (Å²) in [5, 5.41) is 13.0. The number of aromatic nitrogens is 3. The van der Waals surface area contributed by atoms with Gasteiger partial charge in [-0.2, -0.15) is 5.10 Å². The van der Waals surface area contributed by atoms with Crippen LogP contribution in [0.1, 0.15) is 11.4 Å². The Kier molecular flexibility index (Phi) is 4.12. The highest BCUT2D eigenvalue weighted by atomic mass is 32.2. The number of hydrogen-bond acceptors (Lipinski definition) is 5. The summed E-state index contributed by atoms with van der Waals surface area (Å²) in [5.74, 6) is -0.406. The number of hydrogen-bond donors (Lipinski definition) is 2. The van der Waals surface area contributed by atoms with Crippen LogP contribution < -0.4 is 4.72 Å². The van der Waals surface area contributed by atoms with Gasteiger partial charge in [-0.3, -0.25) is 4.68 Å². The van der Waals surface area contributed by atoms with Crippen LogP contribution in [0.25, 0.3) is 0 Å². The largest absolute Gasteiger partial charge is 0.392 e. The number of sulfonamides is 1. The average Bonchev–Trinajstić information content (AvgIpc) is 2.82. The van der Waals surface area contributed by atoms with Gasteiger partial charge in [0.25, 0.3) is 0 Å². The molecule has 0 bridgehead atoms. The van der Waals surface area contributed by atoms with Crippen molar-refractivity contribution in [2.75, 3.05) is 0 Å². The van der Waals surface area contributed by atoms with Gasteiger partial charge in [0.2, 0.25) is 10.0 Å². The van der Waals surface area contributed by atoms with E-state index in [2.05, 4.69) is 14.8 Å². The van der Waals surface area contributed by atoms with E-state index in [9.17, 15) is 12.8 Å². The van der Waals surface area contributed by atoms with Crippen molar-refractivity contribution in [1.29, 1.82) is 0 Å². The van der Waals surface area contributed by atoms with E-state index in [0.717, 1.165) is 12.1 Å². The fraction of sp³-hybridized carbons (Fsp3) is 0.273. The molecule has 9 heteroatoms. The summed E-state index contributed by atoms with van der Waals surface area (Å²) < 4.78 is 41.1. The van der Waals surface area contributed by atoms with Crippen LogP contribution in [0.15, 0.2) is 29.4 Å². The Bertz CT molecular complexity index is 714. The molecule has 2 aromatic rings. The van der Waals surface area contributed by atoms with E-state index in [1.165, 1.54) is 17.1 Å². The maximum absolute atomic E-state index is 13.2. The molecule has 1 aromatic heterocycles. The van der Waals surface area contributed by atoms with Crippen LogP contribution in [0.2, 0.25) is 0 Å². The number of nitrogens with one attached hydrogen (secondary N) is 1. The molecular formula is C11H13FN4O3S. The van der Waals surface area contributed by atoms with Gasteiger partial charge >= 0.3 is 0 Å². The maximum Gasteiger partial charge on any atom is 0.241 e. The average molecular weight is 300 g/mol. The highest BCUT2D eigenvalue weighted by molar-refractivity contribution is 7.89. The Morgan fingerprint density at radius 3 is 2.80 bits per heavy atom. The molecule has 0 aliphatic carbocycles. The summed E-state index contributed by atoms with van der Waals surface area (Å²) >= 11 is 0. The Morgan fingerprint density at radius 1 is 1.45 bits per heavy atom. The van der Waals surface area contributed by atoms with Gasteiger partial charge in [0.1, 0.15) is 12.1 Å². The van der Waals surface area contributed by atoms with Crippen LogP contribution in [0, 0.1) is 5.82 Å². The Morgan fingerprint density at radius 2 is 2.20 bits per heavy atom. The predicted molar refractivity (Wildman–Crippen MR) is 67.4 cm³/mol. The van der Waals surface area contributed by atoms with Crippen LogP contribution in [0.5, 0.6) is 0 Å². The van der Waals surface area contributed by atoms with Crippen LogP contribution in [0.3, 0.4) is 0 Å². The first kappa shape index (κ1) is 14.6. The second-order valence-corrected chi connectivity index (χ2v) is 5.80. The van der Waals surface area contributed by atoms with Gasteiger partial charge in [-0.25, -0.2) is 22.5 Å². The molecule has 0 unspecified atom stereocenters. The van der Waals surface area contributed by atoms with Crippen LogP contribution >= 0.6 is 0 Å². The van der Waals surface area contributed by atoms with Gasteiger partial charge < -0.3 is 5.11 Å². The number of halogens is 1. The van der Waals surface area contributed by atoms with E-state index in [1.807, 2.05) is 0 Å². The molecule has 0 amide bonds. The van der Waals surface area contributed by atoms with E-state index >= 15 is 0 Å². The molecule has 7 nitrogen and oxygen atoms in total. The van der Waals surface area contributed by atoms with E-state index in [4.69, 9.17) is 5.11 Å². The Labute approximate surface area is 115 Å². The third-order valence-electron chi connectivity index (χ3n) is 2.56. The zero-order valence-electron chi connectivity index (χ0n) is 10.6. The second kappa shape index (κ2) is 5.65. The molecule has 0 fully saturated rings. The van der Waals surface area contributed by atoms with E-state index in [-0.39, 0.29) is 22.8 Å². The molecule has 0 saturated carbocycles. The van der Waals surface area contributed by atoms with Gasteiger partial charge in [-0.15, -0.1) is 0 Å². The fourth-order valence-electron chi connectivity index (χ4n) is 1.61. The summed E-state index contributed by atoms with van der Waals surface area (Å²) in [6.45, 7) is -0.622. The first-order valence-corrected chi connectivity index (χ1v) is 7.14. The van der Waals surface area contributed by atoms with Gasteiger partial charge in [0.05, 0.1) is 18.0 Å². The third kappa shape index (κ3) is 3.18. The lowest BCUT2D eigenvalue weighted by Gasteiger charge is -2.09. The minimum Gasteiger partial charge on any atom is -0.392 e. The van der Waals surface area contributed by atoms with E-state index in [0.29, 0.717) is 0 Å². The smallest absolute Gasteiger partial charge is 0.241 e. The third-order valence-corrected chi connectivity index (χ3v) is 4.04. The number of nitrogens with zero attached hydrogens (tertiary/aromatic N) is 3. The Hall–Kier alpha value is -1.84. The summed E-state index contributed by atoms with van der Waals surface area (Å²) in [5.41, 5.74) is 0.118. The lowest BCUT2D eigenvalue weighted by atomic mass is 10.2. The molecule has 2 N–H and O–H groups in total. The van der Waals surface area contributed by atoms with Crippen molar-refractivity contribution >= 4 is 10.0 Å². The zero-order valence-corrected chi connectivity index (χ0v) is 11.4. The fourth-order valence-corrected chi connectivity index (χ4v) is 2.83. The summed E-state index contributed by atoms with van der Waals surface area (Å²) in [7, 11) is -2.30. The molecule has 0 saturated heterocycles. The second-order valence-electron chi connectivity index (χ2n) is 4.07. The molecule has 1 aromatic carbocycles. The lowest BCUT2D eigenvalue weighted by molar-refractivity contribution is 0.278. The highest BCUT2D eigenvalue weighted by Gasteiger charge is 2.19. The van der Waals surface area contributed by atoms with Gasteiger partial charge in [0.15, 0.2) is 5.82 Å². The maximum atomic E-state index is 13.2. The van der Waals surface area contributed by atoms with Crippen LogP contribution in [-0.4, -0.2) is 28.3 Å². The van der Waals surface area contributed by atoms with Gasteiger partial charge in [-0.05, 0) is 17.7 Å². The molecule has 0 aliphatic rings. The van der Waals surface area contributed by atoms with Crippen molar-refractivity contribution in [3.05, 3.63) is 41.7 Å².